The zero-order valence-electron chi connectivity index (χ0n) is 8.40. The second-order valence-electron chi connectivity index (χ2n) is 3.26. The Kier molecular flexibility index (Phi) is 2.79. The molecule has 0 spiro atoms. The van der Waals surface area contributed by atoms with Gasteiger partial charge in [-0.3, -0.25) is 0 Å². The van der Waals surface area contributed by atoms with Crippen LogP contribution in [0.3, 0.4) is 0 Å². The maximum absolute atomic E-state index is 6.79. The number of rotatable bonds is 2. The van der Waals surface area contributed by atoms with E-state index in [0.717, 1.165) is 16.3 Å². The predicted octanol–water partition coefficient (Wildman–Crippen LogP) is 3.54. The molecule has 0 aliphatic heterocycles. The Hall–Kier alpha value is -1.66. The molecule has 0 radical (unpaired) electrons. The third kappa shape index (κ3) is 2.05. The molecule has 2 aromatic rings. The average molecular weight is 214 g/mol. The van der Waals surface area contributed by atoms with Crippen LogP contribution in [-0.2, 0) is 6.54 Å². The molecule has 3 heteroatoms. The minimum absolute atomic E-state index is 0.385. The summed E-state index contributed by atoms with van der Waals surface area (Å²) in [4.78, 5) is 7.77. The number of aryl methyl sites for hydroxylation is 1. The van der Waals surface area contributed by atoms with Crippen molar-refractivity contribution in [2.45, 2.75) is 13.5 Å². The molecule has 2 nitrogen and oxygen atoms in total. The van der Waals surface area contributed by atoms with Crippen molar-refractivity contribution < 1.29 is 0 Å². The zero-order valence-corrected chi connectivity index (χ0v) is 9.21. The Morgan fingerprint density at radius 3 is 2.93 bits per heavy atom. The molecule has 1 heterocycles. The van der Waals surface area contributed by atoms with Gasteiger partial charge in [-0.15, -0.1) is 11.3 Å². The lowest BCUT2D eigenvalue weighted by molar-refractivity contribution is 1.18. The normalized spacial score (nSPS) is 9.87. The van der Waals surface area contributed by atoms with E-state index in [2.05, 4.69) is 28.9 Å². The highest BCUT2D eigenvalue weighted by Gasteiger charge is 2.07. The summed E-state index contributed by atoms with van der Waals surface area (Å²) in [5.74, 6) is 0. The van der Waals surface area contributed by atoms with Crippen molar-refractivity contribution in [3.8, 4) is 11.3 Å². The molecule has 0 N–H and O–H groups in total. The first kappa shape index (κ1) is 9.88. The highest BCUT2D eigenvalue weighted by Crippen LogP contribution is 2.24. The predicted molar refractivity (Wildman–Crippen MR) is 62.6 cm³/mol. The topological polar surface area (TPSA) is 17.2 Å². The number of thiazole rings is 1. The Morgan fingerprint density at radius 1 is 1.40 bits per heavy atom. The Labute approximate surface area is 93.0 Å². The number of hydrogen-bond donors (Lipinski definition) is 0. The van der Waals surface area contributed by atoms with Crippen LogP contribution in [0.1, 0.15) is 10.6 Å². The number of nitrogens with zero attached hydrogens (tertiary/aromatic N) is 2. The van der Waals surface area contributed by atoms with Gasteiger partial charge in [-0.25, -0.2) is 11.6 Å². The smallest absolute Gasteiger partial charge is 0.265 e. The molecular weight excluding hydrogens is 204 g/mol. The SMILES string of the molecule is [C-]#[N+]Cc1nc(-c2ccccc2C)cs1. The van der Waals surface area contributed by atoms with Gasteiger partial charge in [-0.05, 0) is 12.5 Å². The fourth-order valence-electron chi connectivity index (χ4n) is 1.44. The summed E-state index contributed by atoms with van der Waals surface area (Å²) in [7, 11) is 0. The summed E-state index contributed by atoms with van der Waals surface area (Å²) in [5, 5.41) is 2.91. The van der Waals surface area contributed by atoms with E-state index in [0.29, 0.717) is 6.54 Å². The maximum Gasteiger partial charge on any atom is 0.265 e. The molecule has 0 bridgehead atoms. The summed E-state index contributed by atoms with van der Waals surface area (Å²) in [6, 6.07) is 8.16. The van der Waals surface area contributed by atoms with Crippen LogP contribution in [0.15, 0.2) is 29.6 Å². The molecule has 0 amide bonds. The summed E-state index contributed by atoms with van der Waals surface area (Å²) in [5.41, 5.74) is 3.36. The van der Waals surface area contributed by atoms with Crippen molar-refractivity contribution in [2.24, 2.45) is 0 Å². The van der Waals surface area contributed by atoms with E-state index in [1.165, 1.54) is 5.56 Å². The first-order valence-electron chi connectivity index (χ1n) is 4.65. The fraction of sp³-hybridized carbons (Fsp3) is 0.167. The van der Waals surface area contributed by atoms with Crippen LogP contribution in [-0.4, -0.2) is 4.98 Å². The molecular formula is C12H10N2S. The van der Waals surface area contributed by atoms with E-state index in [1.807, 2.05) is 17.5 Å². The van der Waals surface area contributed by atoms with Crippen LogP contribution in [0.2, 0.25) is 0 Å². The van der Waals surface area contributed by atoms with Crippen LogP contribution >= 0.6 is 11.3 Å². The molecule has 15 heavy (non-hydrogen) atoms. The molecule has 1 aromatic carbocycles. The lowest BCUT2D eigenvalue weighted by Gasteiger charge is -2.00. The Morgan fingerprint density at radius 2 is 2.20 bits per heavy atom. The quantitative estimate of drug-likeness (QED) is 0.699. The first-order valence-corrected chi connectivity index (χ1v) is 5.53. The largest absolute Gasteiger partial charge is 0.309 e. The minimum Gasteiger partial charge on any atom is -0.309 e. The maximum atomic E-state index is 6.79. The van der Waals surface area contributed by atoms with Crippen LogP contribution in [0, 0.1) is 13.5 Å². The molecule has 0 aliphatic carbocycles. The summed E-state index contributed by atoms with van der Waals surface area (Å²) in [6.07, 6.45) is 0. The van der Waals surface area contributed by atoms with E-state index in [1.54, 1.807) is 11.3 Å². The Bertz CT molecular complexity index is 508. The molecule has 0 atom stereocenters. The molecule has 1 aromatic heterocycles. The summed E-state index contributed by atoms with van der Waals surface area (Å²) in [6.45, 7) is 9.25. The second kappa shape index (κ2) is 4.24. The summed E-state index contributed by atoms with van der Waals surface area (Å²) < 4.78 is 0. The van der Waals surface area contributed by atoms with Crippen molar-refractivity contribution in [2.75, 3.05) is 0 Å². The monoisotopic (exact) mass is 214 g/mol. The van der Waals surface area contributed by atoms with Gasteiger partial charge in [0.1, 0.15) is 0 Å². The van der Waals surface area contributed by atoms with Gasteiger partial charge >= 0.3 is 0 Å². The number of aromatic nitrogens is 1. The summed E-state index contributed by atoms with van der Waals surface area (Å²) >= 11 is 1.55. The van der Waals surface area contributed by atoms with Crippen molar-refractivity contribution >= 4 is 11.3 Å². The molecule has 0 fully saturated rings. The van der Waals surface area contributed by atoms with Crippen LogP contribution in [0.4, 0.5) is 0 Å². The average Bonchev–Trinajstić information content (AvgIpc) is 2.68. The highest BCUT2D eigenvalue weighted by molar-refractivity contribution is 7.09. The van der Waals surface area contributed by atoms with Crippen molar-refractivity contribution in [3.05, 3.63) is 51.6 Å². The minimum atomic E-state index is 0.385. The lowest BCUT2D eigenvalue weighted by Crippen LogP contribution is -1.83. The third-order valence-electron chi connectivity index (χ3n) is 2.19. The van der Waals surface area contributed by atoms with E-state index >= 15 is 0 Å². The van der Waals surface area contributed by atoms with Gasteiger partial charge in [-0.2, -0.15) is 0 Å². The van der Waals surface area contributed by atoms with Gasteiger partial charge in [0.15, 0.2) is 5.01 Å². The zero-order chi connectivity index (χ0) is 10.7. The second-order valence-corrected chi connectivity index (χ2v) is 4.20. The Balaban J connectivity index is 2.38. The molecule has 0 unspecified atom stereocenters. The van der Waals surface area contributed by atoms with E-state index in [9.17, 15) is 0 Å². The molecule has 2 rings (SSSR count). The lowest BCUT2D eigenvalue weighted by atomic mass is 10.1. The molecule has 0 saturated carbocycles. The first-order chi connectivity index (χ1) is 7.31. The number of benzene rings is 1. The van der Waals surface area contributed by atoms with Gasteiger partial charge < -0.3 is 4.85 Å². The number of hydrogen-bond acceptors (Lipinski definition) is 2. The van der Waals surface area contributed by atoms with Crippen LogP contribution in [0.25, 0.3) is 16.1 Å². The molecule has 74 valence electrons. The van der Waals surface area contributed by atoms with Crippen molar-refractivity contribution in [3.63, 3.8) is 0 Å². The van der Waals surface area contributed by atoms with Gasteiger partial charge in [0, 0.05) is 10.9 Å². The third-order valence-corrected chi connectivity index (χ3v) is 3.02. The van der Waals surface area contributed by atoms with Gasteiger partial charge in [0.05, 0.1) is 5.69 Å². The van der Waals surface area contributed by atoms with Crippen LogP contribution < -0.4 is 0 Å². The van der Waals surface area contributed by atoms with Crippen LogP contribution in [0.5, 0.6) is 0 Å². The van der Waals surface area contributed by atoms with E-state index < -0.39 is 0 Å². The van der Waals surface area contributed by atoms with E-state index in [-0.39, 0.29) is 0 Å². The van der Waals surface area contributed by atoms with Crippen molar-refractivity contribution in [1.82, 2.24) is 4.98 Å². The van der Waals surface area contributed by atoms with Gasteiger partial charge in [0.2, 0.25) is 0 Å². The van der Waals surface area contributed by atoms with Crippen molar-refractivity contribution in [1.29, 1.82) is 0 Å². The molecule has 0 aliphatic rings. The van der Waals surface area contributed by atoms with Gasteiger partial charge in [0.25, 0.3) is 6.54 Å². The van der Waals surface area contributed by atoms with E-state index in [4.69, 9.17) is 6.57 Å². The standard InChI is InChI=1S/C12H10N2S/c1-9-5-3-4-6-10(9)11-8-15-12(14-11)7-13-2/h3-6,8H,7H2,1H3. The highest BCUT2D eigenvalue weighted by atomic mass is 32.1. The molecule has 0 saturated heterocycles. The van der Waals surface area contributed by atoms with Gasteiger partial charge in [-0.1, -0.05) is 24.3 Å². The fourth-order valence-corrected chi connectivity index (χ4v) is 2.15.